The molecule has 0 aliphatic carbocycles. The van der Waals surface area contributed by atoms with E-state index in [0.717, 1.165) is 27.2 Å². The minimum Gasteiger partial charge on any atom is -0.465 e. The van der Waals surface area contributed by atoms with Gasteiger partial charge >= 0.3 is 5.97 Å². The molecule has 4 aromatic rings. The highest BCUT2D eigenvalue weighted by Gasteiger charge is 2.26. The molecule has 0 saturated heterocycles. The molecule has 2 heterocycles. The number of hydrogen-bond donors (Lipinski definition) is 0. The Morgan fingerprint density at radius 2 is 2.06 bits per heavy atom. The second-order valence-electron chi connectivity index (χ2n) is 7.83. The first-order chi connectivity index (χ1) is 15.4. The molecule has 0 radical (unpaired) electrons. The molecule has 0 bridgehead atoms. The third-order valence-corrected chi connectivity index (χ3v) is 7.06. The Hall–Kier alpha value is -2.74. The van der Waals surface area contributed by atoms with E-state index in [1.807, 2.05) is 24.8 Å². The fourth-order valence-electron chi connectivity index (χ4n) is 4.07. The van der Waals surface area contributed by atoms with Crippen LogP contribution in [0.4, 0.5) is 0 Å². The maximum Gasteiger partial charge on any atom is 0.339 e. The van der Waals surface area contributed by atoms with Crippen molar-refractivity contribution in [3.8, 4) is 10.6 Å². The fourth-order valence-corrected chi connectivity index (χ4v) is 5.28. The zero-order valence-electron chi connectivity index (χ0n) is 18.4. The van der Waals surface area contributed by atoms with Gasteiger partial charge < -0.3 is 14.2 Å². The van der Waals surface area contributed by atoms with Crippen LogP contribution in [0, 0.1) is 0 Å². The Morgan fingerprint density at radius 3 is 2.72 bits per heavy atom. The number of thiazole rings is 1. The van der Waals surface area contributed by atoms with E-state index in [9.17, 15) is 4.79 Å². The standard InChI is InChI=1S/C24H25ClN4O2S/c1-5-20(28(2)3)22(29-11-10-26-14-29)15-7-9-19-21(13-15)32-23(27-19)16-6-8-18(25)17(12-16)24(30)31-4/h6-14,20,22H,5H2,1-4H3. The van der Waals surface area contributed by atoms with Gasteiger partial charge in [0.2, 0.25) is 0 Å². The Morgan fingerprint density at radius 1 is 1.25 bits per heavy atom. The lowest BCUT2D eigenvalue weighted by atomic mass is 9.96. The molecule has 2 unspecified atom stereocenters. The van der Waals surface area contributed by atoms with Crippen molar-refractivity contribution < 1.29 is 9.53 Å². The number of benzene rings is 2. The average molecular weight is 469 g/mol. The number of esters is 1. The number of hydrogen-bond acceptors (Lipinski definition) is 6. The van der Waals surface area contributed by atoms with E-state index in [0.29, 0.717) is 16.6 Å². The molecular weight excluding hydrogens is 444 g/mol. The summed E-state index contributed by atoms with van der Waals surface area (Å²) in [7, 11) is 5.57. The quantitative estimate of drug-likeness (QED) is 0.334. The van der Waals surface area contributed by atoms with Gasteiger partial charge in [0, 0.05) is 24.0 Å². The van der Waals surface area contributed by atoms with E-state index in [1.54, 1.807) is 23.5 Å². The second-order valence-corrected chi connectivity index (χ2v) is 9.26. The Balaban J connectivity index is 1.77. The number of carbonyl (C=O) groups is 1. The molecule has 0 aliphatic rings. The summed E-state index contributed by atoms with van der Waals surface area (Å²) in [5, 5.41) is 1.19. The Labute approximate surface area is 196 Å². The van der Waals surface area contributed by atoms with E-state index < -0.39 is 5.97 Å². The SMILES string of the molecule is CCC(C(c1ccc2nc(-c3ccc(Cl)c(C(=O)OC)c3)sc2c1)n1ccnc1)N(C)C. The number of imidazole rings is 1. The lowest BCUT2D eigenvalue weighted by Gasteiger charge is -2.33. The largest absolute Gasteiger partial charge is 0.465 e. The van der Waals surface area contributed by atoms with Crippen LogP contribution in [0.3, 0.4) is 0 Å². The predicted octanol–water partition coefficient (Wildman–Crippen LogP) is 5.53. The summed E-state index contributed by atoms with van der Waals surface area (Å²) in [5.74, 6) is -0.460. The predicted molar refractivity (Wildman–Crippen MR) is 130 cm³/mol. The van der Waals surface area contributed by atoms with Gasteiger partial charge in [-0.15, -0.1) is 11.3 Å². The topological polar surface area (TPSA) is 60.2 Å². The average Bonchev–Trinajstić information content (AvgIpc) is 3.46. The molecule has 0 aliphatic heterocycles. The van der Waals surface area contributed by atoms with Gasteiger partial charge in [0.1, 0.15) is 5.01 Å². The summed E-state index contributed by atoms with van der Waals surface area (Å²) in [4.78, 5) is 23.4. The third-order valence-electron chi connectivity index (χ3n) is 5.66. The lowest BCUT2D eigenvalue weighted by molar-refractivity contribution is 0.0601. The van der Waals surface area contributed by atoms with Crippen LogP contribution >= 0.6 is 22.9 Å². The van der Waals surface area contributed by atoms with Crippen molar-refractivity contribution in [2.75, 3.05) is 21.2 Å². The van der Waals surface area contributed by atoms with E-state index in [-0.39, 0.29) is 6.04 Å². The summed E-state index contributed by atoms with van der Waals surface area (Å²) in [6.45, 7) is 2.21. The smallest absolute Gasteiger partial charge is 0.339 e. The van der Waals surface area contributed by atoms with Crippen LogP contribution in [0.25, 0.3) is 20.8 Å². The second kappa shape index (κ2) is 9.40. The molecule has 0 spiro atoms. The first kappa shape index (κ1) is 22.5. The van der Waals surface area contributed by atoms with Gasteiger partial charge in [-0.05, 0) is 50.3 Å². The number of fused-ring (bicyclic) bond motifs is 1. The molecule has 32 heavy (non-hydrogen) atoms. The molecule has 8 heteroatoms. The van der Waals surface area contributed by atoms with Gasteiger partial charge in [0.25, 0.3) is 0 Å². The number of aromatic nitrogens is 3. The number of methoxy groups -OCH3 is 1. The Bertz CT molecular complexity index is 1240. The molecule has 0 N–H and O–H groups in total. The van der Waals surface area contributed by atoms with Crippen LogP contribution in [0.1, 0.15) is 35.3 Å². The Kier molecular flexibility index (Phi) is 6.60. The van der Waals surface area contributed by atoms with Crippen molar-refractivity contribution in [1.82, 2.24) is 19.4 Å². The third kappa shape index (κ3) is 4.28. The van der Waals surface area contributed by atoms with Crippen LogP contribution in [0.15, 0.2) is 55.1 Å². The molecule has 6 nitrogen and oxygen atoms in total. The molecule has 0 amide bonds. The van der Waals surface area contributed by atoms with Crippen LogP contribution in [0.2, 0.25) is 5.02 Å². The van der Waals surface area contributed by atoms with Crippen molar-refractivity contribution in [3.63, 3.8) is 0 Å². The zero-order chi connectivity index (χ0) is 22.8. The summed E-state index contributed by atoms with van der Waals surface area (Å²) >= 11 is 7.78. The maximum absolute atomic E-state index is 12.0. The molecule has 2 aromatic heterocycles. The van der Waals surface area contributed by atoms with E-state index >= 15 is 0 Å². The summed E-state index contributed by atoms with van der Waals surface area (Å²) in [6, 6.07) is 12.2. The summed E-state index contributed by atoms with van der Waals surface area (Å²) in [6.07, 6.45) is 6.71. The number of carbonyl (C=O) groups excluding carboxylic acids is 1. The van der Waals surface area contributed by atoms with E-state index in [1.165, 1.54) is 12.7 Å². The van der Waals surface area contributed by atoms with Gasteiger partial charge in [-0.2, -0.15) is 0 Å². The van der Waals surface area contributed by atoms with Gasteiger partial charge in [-0.3, -0.25) is 0 Å². The summed E-state index contributed by atoms with van der Waals surface area (Å²) < 4.78 is 8.10. The monoisotopic (exact) mass is 468 g/mol. The van der Waals surface area contributed by atoms with Gasteiger partial charge in [0.15, 0.2) is 0 Å². The van der Waals surface area contributed by atoms with Gasteiger partial charge in [-0.25, -0.2) is 14.8 Å². The van der Waals surface area contributed by atoms with Crippen LogP contribution < -0.4 is 0 Å². The molecule has 4 rings (SSSR count). The van der Waals surface area contributed by atoms with E-state index in [4.69, 9.17) is 21.3 Å². The molecule has 0 saturated carbocycles. The van der Waals surface area contributed by atoms with Gasteiger partial charge in [0.05, 0.1) is 40.3 Å². The maximum atomic E-state index is 12.0. The first-order valence-corrected chi connectivity index (χ1v) is 11.5. The molecular formula is C24H25ClN4O2S. The highest BCUT2D eigenvalue weighted by atomic mass is 35.5. The van der Waals surface area contributed by atoms with Crippen molar-refractivity contribution in [2.24, 2.45) is 0 Å². The minimum absolute atomic E-state index is 0.133. The number of likely N-dealkylation sites (N-methyl/N-ethyl adjacent to an activating group) is 1. The molecule has 2 aromatic carbocycles. The number of nitrogens with zero attached hydrogens (tertiary/aromatic N) is 4. The van der Waals surface area contributed by atoms with Crippen molar-refractivity contribution >= 4 is 39.1 Å². The highest BCUT2D eigenvalue weighted by molar-refractivity contribution is 7.21. The zero-order valence-corrected chi connectivity index (χ0v) is 20.0. The number of ether oxygens (including phenoxy) is 1. The summed E-state index contributed by atoms with van der Waals surface area (Å²) in [5.41, 5.74) is 3.30. The number of halogens is 1. The van der Waals surface area contributed by atoms with Crippen molar-refractivity contribution in [3.05, 3.63) is 71.3 Å². The highest BCUT2D eigenvalue weighted by Crippen LogP contribution is 2.35. The molecule has 2 atom stereocenters. The lowest BCUT2D eigenvalue weighted by Crippen LogP contribution is -2.36. The van der Waals surface area contributed by atoms with Crippen LogP contribution in [-0.4, -0.2) is 52.7 Å². The fraction of sp³-hybridized carbons (Fsp3) is 0.292. The normalized spacial score (nSPS) is 13.4. The van der Waals surface area contributed by atoms with Gasteiger partial charge in [-0.1, -0.05) is 30.7 Å². The van der Waals surface area contributed by atoms with Crippen molar-refractivity contribution in [2.45, 2.75) is 25.4 Å². The molecule has 0 fully saturated rings. The van der Waals surface area contributed by atoms with E-state index in [2.05, 4.69) is 53.7 Å². The first-order valence-electron chi connectivity index (χ1n) is 10.4. The van der Waals surface area contributed by atoms with Crippen molar-refractivity contribution in [1.29, 1.82) is 0 Å². The molecule has 166 valence electrons. The number of rotatable bonds is 7. The minimum atomic E-state index is -0.460. The van der Waals surface area contributed by atoms with Crippen LogP contribution in [-0.2, 0) is 4.74 Å². The van der Waals surface area contributed by atoms with Crippen LogP contribution in [0.5, 0.6) is 0 Å².